The maximum absolute atomic E-state index is 13.0. The number of nitrogens with zero attached hydrogens (tertiary/aromatic N) is 1. The molecular weight excluding hydrogens is 213 g/mol. The van der Waals surface area contributed by atoms with Crippen LogP contribution in [0.5, 0.6) is 5.75 Å². The van der Waals surface area contributed by atoms with Crippen LogP contribution in [0.4, 0.5) is 10.1 Å². The number of hydrogen-bond donors (Lipinski definition) is 1. The van der Waals surface area contributed by atoms with E-state index < -0.39 is 5.97 Å². The lowest BCUT2D eigenvalue weighted by Gasteiger charge is -2.33. The molecule has 0 aromatic heterocycles. The van der Waals surface area contributed by atoms with E-state index in [4.69, 9.17) is 9.84 Å². The van der Waals surface area contributed by atoms with Crippen molar-refractivity contribution in [1.82, 2.24) is 0 Å². The van der Waals surface area contributed by atoms with E-state index in [1.54, 1.807) is 11.0 Å². The highest BCUT2D eigenvalue weighted by molar-refractivity contribution is 5.75. The van der Waals surface area contributed by atoms with E-state index in [2.05, 4.69) is 0 Å². The van der Waals surface area contributed by atoms with Crippen molar-refractivity contribution < 1.29 is 19.0 Å². The molecule has 1 N–H and O–H groups in total. The first-order valence-electron chi connectivity index (χ1n) is 4.99. The maximum Gasteiger partial charge on any atom is 0.323 e. The molecule has 0 saturated heterocycles. The topological polar surface area (TPSA) is 49.8 Å². The molecule has 1 aromatic rings. The second-order valence-corrected chi connectivity index (χ2v) is 3.81. The summed E-state index contributed by atoms with van der Waals surface area (Å²) in [4.78, 5) is 12.4. The number of carboxylic acid groups (broad SMARTS) is 1. The predicted molar refractivity (Wildman–Crippen MR) is 56.3 cm³/mol. The van der Waals surface area contributed by atoms with Crippen molar-refractivity contribution in [2.24, 2.45) is 0 Å². The summed E-state index contributed by atoms with van der Waals surface area (Å²) in [5, 5.41) is 8.78. The molecule has 1 aliphatic heterocycles. The SMILES string of the molecule is CC1CN(CC(=O)O)c2ccc(F)cc2O1. The van der Waals surface area contributed by atoms with Gasteiger partial charge in [-0.3, -0.25) is 4.79 Å². The molecule has 0 radical (unpaired) electrons. The Morgan fingerprint density at radius 2 is 2.44 bits per heavy atom. The molecule has 0 spiro atoms. The maximum atomic E-state index is 13.0. The molecule has 1 unspecified atom stereocenters. The molecule has 0 saturated carbocycles. The van der Waals surface area contributed by atoms with Crippen LogP contribution in [0.1, 0.15) is 6.92 Å². The van der Waals surface area contributed by atoms with E-state index in [-0.39, 0.29) is 18.5 Å². The van der Waals surface area contributed by atoms with Crippen LogP contribution >= 0.6 is 0 Å². The van der Waals surface area contributed by atoms with Crippen LogP contribution in [0.3, 0.4) is 0 Å². The van der Waals surface area contributed by atoms with Gasteiger partial charge >= 0.3 is 5.97 Å². The van der Waals surface area contributed by atoms with Gasteiger partial charge in [-0.05, 0) is 19.1 Å². The molecule has 0 fully saturated rings. The van der Waals surface area contributed by atoms with Crippen LogP contribution < -0.4 is 9.64 Å². The second kappa shape index (κ2) is 4.00. The quantitative estimate of drug-likeness (QED) is 0.828. The first-order valence-corrected chi connectivity index (χ1v) is 4.99. The molecule has 0 bridgehead atoms. The van der Waals surface area contributed by atoms with Crippen LogP contribution in [0.2, 0.25) is 0 Å². The third-order valence-corrected chi connectivity index (χ3v) is 2.39. The molecule has 1 heterocycles. The average Bonchev–Trinajstić information content (AvgIpc) is 2.15. The van der Waals surface area contributed by atoms with Crippen LogP contribution in [0.15, 0.2) is 18.2 Å². The number of carboxylic acids is 1. The lowest BCUT2D eigenvalue weighted by Crippen LogP contribution is -2.41. The van der Waals surface area contributed by atoms with Crippen molar-refractivity contribution in [3.05, 3.63) is 24.0 Å². The molecule has 1 aliphatic rings. The summed E-state index contributed by atoms with van der Waals surface area (Å²) >= 11 is 0. The molecule has 0 amide bonds. The minimum Gasteiger partial charge on any atom is -0.487 e. The van der Waals surface area contributed by atoms with Gasteiger partial charge in [-0.1, -0.05) is 0 Å². The van der Waals surface area contributed by atoms with Gasteiger partial charge in [0.1, 0.15) is 24.2 Å². The lowest BCUT2D eigenvalue weighted by molar-refractivity contribution is -0.135. The normalized spacial score (nSPS) is 18.9. The zero-order valence-corrected chi connectivity index (χ0v) is 8.81. The van der Waals surface area contributed by atoms with Crippen LogP contribution in [0, 0.1) is 5.82 Å². The van der Waals surface area contributed by atoms with E-state index in [1.165, 1.54) is 12.1 Å². The Morgan fingerprint density at radius 1 is 1.69 bits per heavy atom. The molecule has 0 aliphatic carbocycles. The van der Waals surface area contributed by atoms with Gasteiger partial charge in [-0.15, -0.1) is 0 Å². The highest BCUT2D eigenvalue weighted by Gasteiger charge is 2.24. The van der Waals surface area contributed by atoms with Crippen molar-refractivity contribution in [2.45, 2.75) is 13.0 Å². The molecule has 4 nitrogen and oxygen atoms in total. The van der Waals surface area contributed by atoms with E-state index in [0.29, 0.717) is 18.0 Å². The Kier molecular flexibility index (Phi) is 2.68. The number of ether oxygens (including phenoxy) is 1. The minimum atomic E-state index is -0.913. The zero-order valence-electron chi connectivity index (χ0n) is 8.81. The predicted octanol–water partition coefficient (Wildman–Crippen LogP) is 1.50. The van der Waals surface area contributed by atoms with Crippen molar-refractivity contribution in [3.8, 4) is 5.75 Å². The first-order chi connectivity index (χ1) is 7.56. The summed E-state index contributed by atoms with van der Waals surface area (Å²) in [6.45, 7) is 2.21. The average molecular weight is 225 g/mol. The Bertz CT molecular complexity index is 422. The highest BCUT2D eigenvalue weighted by Crippen LogP contribution is 2.33. The van der Waals surface area contributed by atoms with Crippen molar-refractivity contribution in [2.75, 3.05) is 18.0 Å². The summed E-state index contributed by atoms with van der Waals surface area (Å²) in [6.07, 6.45) is -0.145. The van der Waals surface area contributed by atoms with Gasteiger partial charge < -0.3 is 14.7 Å². The molecule has 5 heteroatoms. The van der Waals surface area contributed by atoms with Gasteiger partial charge in [-0.25, -0.2) is 4.39 Å². The summed E-state index contributed by atoms with van der Waals surface area (Å²) in [7, 11) is 0. The summed E-state index contributed by atoms with van der Waals surface area (Å²) in [6, 6.07) is 4.12. The monoisotopic (exact) mass is 225 g/mol. The Balaban J connectivity index is 2.34. The third-order valence-electron chi connectivity index (χ3n) is 2.39. The fourth-order valence-corrected chi connectivity index (χ4v) is 1.82. The van der Waals surface area contributed by atoms with Crippen molar-refractivity contribution in [3.63, 3.8) is 0 Å². The molecular formula is C11H12FNO3. The minimum absolute atomic E-state index is 0.105. The second-order valence-electron chi connectivity index (χ2n) is 3.81. The first kappa shape index (κ1) is 10.7. The summed E-state index contributed by atoms with van der Waals surface area (Å²) in [5.41, 5.74) is 0.627. The van der Waals surface area contributed by atoms with E-state index >= 15 is 0 Å². The van der Waals surface area contributed by atoms with E-state index in [9.17, 15) is 9.18 Å². The fourth-order valence-electron chi connectivity index (χ4n) is 1.82. The number of aliphatic carboxylic acids is 1. The molecule has 1 aromatic carbocycles. The Hall–Kier alpha value is -1.78. The van der Waals surface area contributed by atoms with Crippen LogP contribution in [-0.4, -0.2) is 30.3 Å². The lowest BCUT2D eigenvalue weighted by atomic mass is 10.2. The standard InChI is InChI=1S/C11H12FNO3/c1-7-5-13(6-11(14)15)9-3-2-8(12)4-10(9)16-7/h2-4,7H,5-6H2,1H3,(H,14,15). The Morgan fingerprint density at radius 3 is 3.12 bits per heavy atom. The van der Waals surface area contributed by atoms with Gasteiger partial charge in [0.25, 0.3) is 0 Å². The molecule has 1 atom stereocenters. The van der Waals surface area contributed by atoms with Gasteiger partial charge in [0, 0.05) is 6.07 Å². The van der Waals surface area contributed by atoms with Crippen molar-refractivity contribution >= 4 is 11.7 Å². The number of anilines is 1. The Labute approximate surface area is 92.2 Å². The fraction of sp³-hybridized carbons (Fsp3) is 0.364. The number of carbonyl (C=O) groups is 1. The molecule has 86 valence electrons. The van der Waals surface area contributed by atoms with Crippen LogP contribution in [0.25, 0.3) is 0 Å². The number of rotatable bonds is 2. The number of halogens is 1. The van der Waals surface area contributed by atoms with E-state index in [1.807, 2.05) is 6.92 Å². The largest absolute Gasteiger partial charge is 0.487 e. The van der Waals surface area contributed by atoms with Gasteiger partial charge in [-0.2, -0.15) is 0 Å². The van der Waals surface area contributed by atoms with Crippen LogP contribution in [-0.2, 0) is 4.79 Å². The summed E-state index contributed by atoms with van der Waals surface area (Å²) in [5.74, 6) is -0.896. The summed E-state index contributed by atoms with van der Waals surface area (Å²) < 4.78 is 18.4. The van der Waals surface area contributed by atoms with Gasteiger partial charge in [0.05, 0.1) is 12.2 Å². The molecule has 16 heavy (non-hydrogen) atoms. The number of fused-ring (bicyclic) bond motifs is 1. The van der Waals surface area contributed by atoms with Crippen molar-refractivity contribution in [1.29, 1.82) is 0 Å². The number of benzene rings is 1. The highest BCUT2D eigenvalue weighted by atomic mass is 19.1. The van der Waals surface area contributed by atoms with E-state index in [0.717, 1.165) is 0 Å². The molecule has 2 rings (SSSR count). The van der Waals surface area contributed by atoms with Gasteiger partial charge in [0.2, 0.25) is 0 Å². The number of hydrogen-bond acceptors (Lipinski definition) is 3. The third kappa shape index (κ3) is 2.08. The zero-order chi connectivity index (χ0) is 11.7. The van der Waals surface area contributed by atoms with Gasteiger partial charge in [0.15, 0.2) is 0 Å². The smallest absolute Gasteiger partial charge is 0.323 e.